The van der Waals surface area contributed by atoms with Crippen LogP contribution in [0.2, 0.25) is 0 Å². The third-order valence-electron chi connectivity index (χ3n) is 7.30. The first-order valence-corrected chi connectivity index (χ1v) is 14.4. The van der Waals surface area contributed by atoms with Gasteiger partial charge in [0.2, 0.25) is 0 Å². The summed E-state index contributed by atoms with van der Waals surface area (Å²) in [6.07, 6.45) is 5.58. The number of amides is 2. The number of hydrogen-bond donors (Lipinski definition) is 6. The number of carbonyl (C=O) groups excluding carboxylic acids is 1. The van der Waals surface area contributed by atoms with Crippen LogP contribution < -0.4 is 42.4 Å². The molecule has 1 saturated heterocycles. The van der Waals surface area contributed by atoms with E-state index in [1.54, 1.807) is 4.90 Å². The number of nitrogens with one attached hydrogen (secondary N) is 4. The number of piperazine rings is 1. The molecule has 0 aromatic heterocycles. The smallest absolute Gasteiger partial charge is 0.327 e. The fourth-order valence-corrected chi connectivity index (χ4v) is 5.11. The fraction of sp³-hybridized carbons (Fsp3) is 0.400. The molecular weight excluding hydrogens is 518 g/mol. The molecule has 2 amide bonds. The van der Waals surface area contributed by atoms with E-state index >= 15 is 0 Å². The summed E-state index contributed by atoms with van der Waals surface area (Å²) < 4.78 is 6.06. The van der Waals surface area contributed by atoms with Gasteiger partial charge in [0, 0.05) is 68.8 Å². The molecule has 11 heteroatoms. The molecule has 11 nitrogen and oxygen atoms in total. The Kier molecular flexibility index (Phi) is 9.74. The number of guanidine groups is 1. The topological polar surface area (TPSA) is 145 Å². The average molecular weight is 560 g/mol. The van der Waals surface area contributed by atoms with Gasteiger partial charge in [-0.15, -0.1) is 0 Å². The van der Waals surface area contributed by atoms with Gasteiger partial charge in [0.15, 0.2) is 5.96 Å². The zero-order valence-electron chi connectivity index (χ0n) is 23.4. The molecular formula is C30H41N9O2. The van der Waals surface area contributed by atoms with Crippen molar-refractivity contribution in [3.05, 3.63) is 77.5 Å². The lowest BCUT2D eigenvalue weighted by atomic mass is 10.1. The SMILES string of the molecule is NC(N)=NCCCNCc1ccc(N2C=C3C=C(c4cccc(OCCCN5CCNCC5)c4)NC3NC2=O)cc1. The third-order valence-corrected chi connectivity index (χ3v) is 7.30. The minimum atomic E-state index is -0.264. The molecule has 2 aromatic rings. The van der Waals surface area contributed by atoms with Crippen LogP contribution in [0.1, 0.15) is 24.0 Å². The molecule has 2 aromatic carbocycles. The highest BCUT2D eigenvalue weighted by atomic mass is 16.5. The van der Waals surface area contributed by atoms with E-state index < -0.39 is 0 Å². The van der Waals surface area contributed by atoms with Crippen LogP contribution in [0.15, 0.2) is 71.4 Å². The minimum Gasteiger partial charge on any atom is -0.494 e. The van der Waals surface area contributed by atoms with Crippen molar-refractivity contribution in [3.63, 3.8) is 0 Å². The highest BCUT2D eigenvalue weighted by Gasteiger charge is 2.31. The number of rotatable bonds is 13. The van der Waals surface area contributed by atoms with Gasteiger partial charge in [-0.05, 0) is 55.3 Å². The molecule has 0 saturated carbocycles. The number of aliphatic imine (C=N–C) groups is 1. The Hall–Kier alpha value is -4.06. The lowest BCUT2D eigenvalue weighted by Crippen LogP contribution is -2.51. The summed E-state index contributed by atoms with van der Waals surface area (Å²) in [6.45, 7) is 8.23. The van der Waals surface area contributed by atoms with E-state index in [9.17, 15) is 4.79 Å². The van der Waals surface area contributed by atoms with Crippen molar-refractivity contribution in [1.82, 2.24) is 26.2 Å². The van der Waals surface area contributed by atoms with Gasteiger partial charge >= 0.3 is 6.03 Å². The summed E-state index contributed by atoms with van der Waals surface area (Å²) in [5, 5.41) is 13.3. The second-order valence-electron chi connectivity index (χ2n) is 10.4. The first kappa shape index (κ1) is 28.5. The number of benzene rings is 2. The molecule has 3 aliphatic heterocycles. The Labute approximate surface area is 241 Å². The lowest BCUT2D eigenvalue weighted by Gasteiger charge is -2.29. The number of fused-ring (bicyclic) bond motifs is 1. The summed E-state index contributed by atoms with van der Waals surface area (Å²) in [7, 11) is 0. The molecule has 1 unspecified atom stereocenters. The van der Waals surface area contributed by atoms with Crippen LogP contribution in [0.3, 0.4) is 0 Å². The Morgan fingerprint density at radius 1 is 1.07 bits per heavy atom. The van der Waals surface area contributed by atoms with Gasteiger partial charge in [-0.1, -0.05) is 24.3 Å². The quantitative estimate of drug-likeness (QED) is 0.123. The highest BCUT2D eigenvalue weighted by molar-refractivity contribution is 5.96. The standard InChI is InChI=1S/C30H41N9O2/c31-29(32)35-11-2-10-34-20-22-6-8-25(9-7-22)39-21-24-19-27(36-28(24)37-30(39)40)23-4-1-5-26(18-23)41-17-3-14-38-15-12-33-13-16-38/h1,4-9,18-19,21,28,33-34,36H,2-3,10-17,20H2,(H,37,40)(H4,31,32,35). The first-order valence-electron chi connectivity index (χ1n) is 14.4. The Balaban J connectivity index is 1.14. The van der Waals surface area contributed by atoms with Gasteiger partial charge in [-0.25, -0.2) is 4.79 Å². The third kappa shape index (κ3) is 8.00. The van der Waals surface area contributed by atoms with Crippen LogP contribution in [-0.2, 0) is 6.54 Å². The number of nitrogens with zero attached hydrogens (tertiary/aromatic N) is 3. The monoisotopic (exact) mass is 559 g/mol. The summed E-state index contributed by atoms with van der Waals surface area (Å²) >= 11 is 0. The molecule has 1 atom stereocenters. The predicted molar refractivity (Wildman–Crippen MR) is 163 cm³/mol. The van der Waals surface area contributed by atoms with Crippen LogP contribution >= 0.6 is 0 Å². The zero-order chi connectivity index (χ0) is 28.4. The predicted octanol–water partition coefficient (Wildman–Crippen LogP) is 1.50. The summed E-state index contributed by atoms with van der Waals surface area (Å²) in [5.74, 6) is 0.971. The minimum absolute atomic E-state index is 0.121. The second-order valence-corrected chi connectivity index (χ2v) is 10.4. The molecule has 5 rings (SSSR count). The Morgan fingerprint density at radius 3 is 2.71 bits per heavy atom. The number of anilines is 1. The highest BCUT2D eigenvalue weighted by Crippen LogP contribution is 2.29. The molecule has 3 heterocycles. The lowest BCUT2D eigenvalue weighted by molar-refractivity contribution is 0.214. The van der Waals surface area contributed by atoms with Crippen LogP contribution in [0.5, 0.6) is 5.75 Å². The molecule has 1 fully saturated rings. The largest absolute Gasteiger partial charge is 0.494 e. The zero-order valence-corrected chi connectivity index (χ0v) is 23.4. The fourth-order valence-electron chi connectivity index (χ4n) is 5.11. The van der Waals surface area contributed by atoms with E-state index in [-0.39, 0.29) is 18.2 Å². The molecule has 0 bridgehead atoms. The van der Waals surface area contributed by atoms with E-state index in [1.165, 1.54) is 0 Å². The number of carbonyl (C=O) groups is 1. The Morgan fingerprint density at radius 2 is 1.90 bits per heavy atom. The summed E-state index contributed by atoms with van der Waals surface area (Å²) in [5.41, 5.74) is 15.6. The van der Waals surface area contributed by atoms with Crippen molar-refractivity contribution in [3.8, 4) is 5.75 Å². The van der Waals surface area contributed by atoms with Crippen molar-refractivity contribution in [1.29, 1.82) is 0 Å². The van der Waals surface area contributed by atoms with E-state index in [0.29, 0.717) is 13.2 Å². The van der Waals surface area contributed by atoms with Gasteiger partial charge in [-0.2, -0.15) is 0 Å². The Bertz CT molecular complexity index is 1260. The number of ether oxygens (including phenoxy) is 1. The van der Waals surface area contributed by atoms with E-state index in [4.69, 9.17) is 16.2 Å². The van der Waals surface area contributed by atoms with Crippen LogP contribution in [0.4, 0.5) is 10.5 Å². The first-order chi connectivity index (χ1) is 20.0. The van der Waals surface area contributed by atoms with Crippen molar-refractivity contribution in [2.24, 2.45) is 16.5 Å². The van der Waals surface area contributed by atoms with Crippen molar-refractivity contribution in [2.45, 2.75) is 25.6 Å². The van der Waals surface area contributed by atoms with Gasteiger partial charge < -0.3 is 42.4 Å². The average Bonchev–Trinajstić information content (AvgIpc) is 3.40. The molecule has 218 valence electrons. The maximum atomic E-state index is 12.9. The molecule has 8 N–H and O–H groups in total. The number of urea groups is 1. The second kappa shape index (κ2) is 14.0. The van der Waals surface area contributed by atoms with Crippen LogP contribution in [-0.4, -0.2) is 75.5 Å². The molecule has 41 heavy (non-hydrogen) atoms. The summed E-state index contributed by atoms with van der Waals surface area (Å²) in [4.78, 5) is 21.0. The van der Waals surface area contributed by atoms with E-state index in [2.05, 4.69) is 49.4 Å². The van der Waals surface area contributed by atoms with Gasteiger partial charge in [-0.3, -0.25) is 9.89 Å². The maximum absolute atomic E-state index is 12.9. The van der Waals surface area contributed by atoms with E-state index in [1.807, 2.05) is 42.6 Å². The van der Waals surface area contributed by atoms with Crippen molar-refractivity contribution >= 4 is 23.4 Å². The number of hydrogen-bond acceptors (Lipinski definition) is 7. The number of nitrogens with two attached hydrogens (primary N) is 2. The van der Waals surface area contributed by atoms with Gasteiger partial charge in [0.25, 0.3) is 0 Å². The molecule has 0 aliphatic carbocycles. The van der Waals surface area contributed by atoms with Crippen LogP contribution in [0, 0.1) is 0 Å². The van der Waals surface area contributed by atoms with E-state index in [0.717, 1.165) is 92.5 Å². The van der Waals surface area contributed by atoms with Crippen molar-refractivity contribution in [2.75, 3.05) is 57.3 Å². The normalized spacial score (nSPS) is 18.6. The van der Waals surface area contributed by atoms with Gasteiger partial charge in [0.1, 0.15) is 11.9 Å². The molecule has 0 spiro atoms. The van der Waals surface area contributed by atoms with Crippen molar-refractivity contribution < 1.29 is 9.53 Å². The van der Waals surface area contributed by atoms with Gasteiger partial charge in [0.05, 0.1) is 12.3 Å². The van der Waals surface area contributed by atoms with Crippen LogP contribution in [0.25, 0.3) is 5.70 Å². The molecule has 0 radical (unpaired) electrons. The maximum Gasteiger partial charge on any atom is 0.327 e. The molecule has 3 aliphatic rings. The summed E-state index contributed by atoms with van der Waals surface area (Å²) in [6, 6.07) is 15.9.